The van der Waals surface area contributed by atoms with Crippen LogP contribution in [0, 0.1) is 0 Å². The molecule has 11 heavy (non-hydrogen) atoms. The highest BCUT2D eigenvalue weighted by Gasteiger charge is 2.21. The van der Waals surface area contributed by atoms with Gasteiger partial charge in [0.15, 0.2) is 0 Å². The highest BCUT2D eigenvalue weighted by molar-refractivity contribution is 7.84. The summed E-state index contributed by atoms with van der Waals surface area (Å²) in [5, 5.41) is 8.09. The molecule has 0 radical (unpaired) electrons. The Morgan fingerprint density at radius 2 is 1.91 bits per heavy atom. The summed E-state index contributed by atoms with van der Waals surface area (Å²) in [6, 6.07) is 0. The minimum Gasteiger partial charge on any atom is -0.300 e. The van der Waals surface area contributed by atoms with E-state index in [4.69, 9.17) is 5.21 Å². The van der Waals surface area contributed by atoms with Gasteiger partial charge in [-0.05, 0) is 12.8 Å². The molecule has 66 valence electrons. The van der Waals surface area contributed by atoms with Gasteiger partial charge in [0.05, 0.1) is 6.10 Å². The first kappa shape index (κ1) is 8.92. The maximum absolute atomic E-state index is 10.6. The van der Waals surface area contributed by atoms with Crippen LogP contribution in [0.3, 0.4) is 0 Å². The second-order valence-electron chi connectivity index (χ2n) is 2.55. The van der Waals surface area contributed by atoms with Crippen LogP contribution in [0.1, 0.15) is 25.7 Å². The van der Waals surface area contributed by atoms with Crippen LogP contribution in [0.4, 0.5) is 0 Å². The monoisotopic (exact) mass is 181 g/mol. The molecule has 1 saturated carbocycles. The molecule has 0 atom stereocenters. The van der Waals surface area contributed by atoms with Gasteiger partial charge >= 0.3 is 10.3 Å². The van der Waals surface area contributed by atoms with Gasteiger partial charge in [0.1, 0.15) is 0 Å². The Kier molecular flexibility index (Phi) is 2.83. The molecule has 5 nitrogen and oxygen atoms in total. The lowest BCUT2D eigenvalue weighted by Crippen LogP contribution is -2.26. The van der Waals surface area contributed by atoms with Gasteiger partial charge in [0.25, 0.3) is 0 Å². The minimum absolute atomic E-state index is 0.250. The van der Waals surface area contributed by atoms with Crippen molar-refractivity contribution in [3.63, 3.8) is 0 Å². The summed E-state index contributed by atoms with van der Waals surface area (Å²) in [5.41, 5.74) is 0. The van der Waals surface area contributed by atoms with Gasteiger partial charge in [-0.1, -0.05) is 17.7 Å². The van der Waals surface area contributed by atoms with Crippen molar-refractivity contribution < 1.29 is 17.8 Å². The quantitative estimate of drug-likeness (QED) is 0.608. The molecule has 2 N–H and O–H groups in total. The Balaban J connectivity index is 2.41. The van der Waals surface area contributed by atoms with Crippen molar-refractivity contribution in [2.45, 2.75) is 31.8 Å². The molecular formula is C5H11NO4S. The van der Waals surface area contributed by atoms with Crippen molar-refractivity contribution in [3.8, 4) is 0 Å². The standard InChI is InChI=1S/C5H11NO4S/c7-6-11(8,9)10-5-3-1-2-4-5/h5-7H,1-4H2. The summed E-state index contributed by atoms with van der Waals surface area (Å²) < 4.78 is 25.7. The molecule has 0 aliphatic heterocycles. The Bertz CT molecular complexity index is 207. The average Bonchev–Trinajstić information content (AvgIpc) is 2.39. The van der Waals surface area contributed by atoms with E-state index in [0.29, 0.717) is 0 Å². The molecular weight excluding hydrogens is 170 g/mol. The van der Waals surface area contributed by atoms with Gasteiger partial charge in [0, 0.05) is 0 Å². The molecule has 1 rings (SSSR count). The third-order valence-electron chi connectivity index (χ3n) is 1.68. The van der Waals surface area contributed by atoms with E-state index in [1.54, 1.807) is 0 Å². The molecule has 0 heterocycles. The number of hydrogen-bond acceptors (Lipinski definition) is 4. The predicted molar refractivity (Wildman–Crippen MR) is 37.2 cm³/mol. The van der Waals surface area contributed by atoms with Crippen molar-refractivity contribution in [1.82, 2.24) is 4.89 Å². The van der Waals surface area contributed by atoms with E-state index in [1.165, 1.54) is 0 Å². The lowest BCUT2D eigenvalue weighted by molar-refractivity contribution is 0.168. The van der Waals surface area contributed by atoms with E-state index in [1.807, 2.05) is 0 Å². The maximum atomic E-state index is 10.6. The fourth-order valence-corrected chi connectivity index (χ4v) is 1.78. The molecule has 1 aliphatic rings. The summed E-state index contributed by atoms with van der Waals surface area (Å²) in [6.45, 7) is 0. The van der Waals surface area contributed by atoms with Crippen LogP contribution >= 0.6 is 0 Å². The van der Waals surface area contributed by atoms with Crippen LogP contribution in [0.25, 0.3) is 0 Å². The lowest BCUT2D eigenvalue weighted by atomic mass is 10.3. The molecule has 6 heteroatoms. The second-order valence-corrected chi connectivity index (χ2v) is 3.83. The molecule has 0 unspecified atom stereocenters. The molecule has 0 saturated heterocycles. The van der Waals surface area contributed by atoms with Crippen molar-refractivity contribution in [1.29, 1.82) is 0 Å². The van der Waals surface area contributed by atoms with E-state index in [0.717, 1.165) is 30.6 Å². The van der Waals surface area contributed by atoms with Crippen LogP contribution < -0.4 is 4.89 Å². The predicted octanol–water partition coefficient (Wildman–Crippen LogP) is 0.169. The SMILES string of the molecule is O=S(=O)(NO)OC1CCCC1. The van der Waals surface area contributed by atoms with Gasteiger partial charge in [-0.25, -0.2) is 0 Å². The van der Waals surface area contributed by atoms with Crippen LogP contribution in [-0.2, 0) is 14.5 Å². The maximum Gasteiger partial charge on any atom is 0.358 e. The van der Waals surface area contributed by atoms with Crippen LogP contribution in [0.5, 0.6) is 0 Å². The zero-order chi connectivity index (χ0) is 8.32. The fraction of sp³-hybridized carbons (Fsp3) is 1.00. The van der Waals surface area contributed by atoms with Crippen molar-refractivity contribution in [2.75, 3.05) is 0 Å². The van der Waals surface area contributed by atoms with E-state index in [2.05, 4.69) is 4.18 Å². The van der Waals surface area contributed by atoms with Gasteiger partial charge in [-0.2, -0.15) is 8.42 Å². The average molecular weight is 181 g/mol. The largest absolute Gasteiger partial charge is 0.358 e. The van der Waals surface area contributed by atoms with Crippen LogP contribution in [-0.4, -0.2) is 19.7 Å². The second kappa shape index (κ2) is 3.48. The Morgan fingerprint density at radius 3 is 2.36 bits per heavy atom. The topological polar surface area (TPSA) is 75.6 Å². The highest BCUT2D eigenvalue weighted by Crippen LogP contribution is 2.21. The minimum atomic E-state index is -3.90. The molecule has 0 aromatic carbocycles. The van der Waals surface area contributed by atoms with E-state index in [9.17, 15) is 8.42 Å². The summed E-state index contributed by atoms with van der Waals surface area (Å²) >= 11 is 0. The molecule has 0 spiro atoms. The number of hydrogen-bond donors (Lipinski definition) is 2. The third kappa shape index (κ3) is 2.74. The van der Waals surface area contributed by atoms with Crippen LogP contribution in [0.2, 0.25) is 0 Å². The zero-order valence-electron chi connectivity index (χ0n) is 5.99. The molecule has 0 amide bonds. The van der Waals surface area contributed by atoms with Gasteiger partial charge in [-0.3, -0.25) is 4.18 Å². The van der Waals surface area contributed by atoms with Crippen LogP contribution in [0.15, 0.2) is 0 Å². The summed E-state index contributed by atoms with van der Waals surface area (Å²) in [5.74, 6) is 0. The highest BCUT2D eigenvalue weighted by atomic mass is 32.2. The zero-order valence-corrected chi connectivity index (χ0v) is 6.80. The summed E-state index contributed by atoms with van der Waals surface area (Å²) in [6.07, 6.45) is 3.23. The van der Waals surface area contributed by atoms with Gasteiger partial charge in [-0.15, -0.1) is 0 Å². The molecule has 0 aromatic heterocycles. The Morgan fingerprint density at radius 1 is 1.36 bits per heavy atom. The summed E-state index contributed by atoms with van der Waals surface area (Å²) in [4.78, 5) is 1.12. The van der Waals surface area contributed by atoms with Crippen molar-refractivity contribution in [3.05, 3.63) is 0 Å². The number of nitrogens with one attached hydrogen (secondary N) is 1. The Labute approximate surface area is 65.6 Å². The van der Waals surface area contributed by atoms with E-state index in [-0.39, 0.29) is 6.10 Å². The normalized spacial score (nSPS) is 20.8. The molecule has 1 aliphatic carbocycles. The fourth-order valence-electron chi connectivity index (χ4n) is 1.19. The van der Waals surface area contributed by atoms with Gasteiger partial charge in [0.2, 0.25) is 0 Å². The number of rotatable bonds is 3. The van der Waals surface area contributed by atoms with Crippen molar-refractivity contribution >= 4 is 10.3 Å². The van der Waals surface area contributed by atoms with Gasteiger partial charge < -0.3 is 5.21 Å². The first-order valence-electron chi connectivity index (χ1n) is 3.48. The first-order chi connectivity index (χ1) is 5.14. The third-order valence-corrected chi connectivity index (χ3v) is 2.43. The summed E-state index contributed by atoms with van der Waals surface area (Å²) in [7, 11) is -3.90. The molecule has 0 aromatic rings. The first-order valence-corrected chi connectivity index (χ1v) is 4.89. The van der Waals surface area contributed by atoms with E-state index < -0.39 is 10.3 Å². The van der Waals surface area contributed by atoms with E-state index >= 15 is 0 Å². The Hall–Kier alpha value is -0.170. The smallest absolute Gasteiger partial charge is 0.300 e. The lowest BCUT2D eigenvalue weighted by Gasteiger charge is -2.08. The van der Waals surface area contributed by atoms with Crippen molar-refractivity contribution in [2.24, 2.45) is 0 Å². The molecule has 0 bridgehead atoms. The molecule has 1 fully saturated rings.